The Morgan fingerprint density at radius 2 is 1.78 bits per heavy atom. The minimum Gasteiger partial charge on any atom is -0.369 e. The molecule has 32 heavy (non-hydrogen) atoms. The van der Waals surface area contributed by atoms with Gasteiger partial charge in [0.25, 0.3) is 5.70 Å². The van der Waals surface area contributed by atoms with Crippen molar-refractivity contribution < 1.29 is 14.5 Å². The van der Waals surface area contributed by atoms with Crippen molar-refractivity contribution in [2.24, 2.45) is 5.92 Å². The third kappa shape index (κ3) is 5.91. The van der Waals surface area contributed by atoms with E-state index in [-0.39, 0.29) is 11.5 Å². The summed E-state index contributed by atoms with van der Waals surface area (Å²) in [4.78, 5) is 42.7. The van der Waals surface area contributed by atoms with Gasteiger partial charge in [-0.2, -0.15) is 0 Å². The number of allylic oxidation sites excluding steroid dienone is 1. The predicted molar refractivity (Wildman–Crippen MR) is 122 cm³/mol. The summed E-state index contributed by atoms with van der Waals surface area (Å²) in [6, 6.07) is 12.1. The van der Waals surface area contributed by atoms with E-state index in [1.54, 1.807) is 60.6 Å². The van der Waals surface area contributed by atoms with Gasteiger partial charge in [-0.25, -0.2) is 4.98 Å². The lowest BCUT2D eigenvalue weighted by Gasteiger charge is -2.29. The van der Waals surface area contributed by atoms with E-state index >= 15 is 0 Å². The van der Waals surface area contributed by atoms with Gasteiger partial charge in [0.2, 0.25) is 0 Å². The zero-order valence-electron chi connectivity index (χ0n) is 18.5. The number of carbonyl (C=O) groups is 2. The highest BCUT2D eigenvalue weighted by atomic mass is 35.5. The molecule has 8 nitrogen and oxygen atoms in total. The molecule has 0 bridgehead atoms. The van der Waals surface area contributed by atoms with Crippen LogP contribution < -0.4 is 5.32 Å². The van der Waals surface area contributed by atoms with Crippen molar-refractivity contribution in [2.75, 3.05) is 13.6 Å². The first-order chi connectivity index (χ1) is 15.2. The van der Waals surface area contributed by atoms with Crippen LogP contribution in [0.4, 0.5) is 0 Å². The number of rotatable bonds is 11. The standard InChI is InChI=1S/C23H27ClN4O4/c1-5-27(14-17-11-12-19(24)26-13-17)23(25-4)22(28(31)32)21(18-9-7-6-8-10-18)20(15(2)29)16(3)30/h6-13,20-21,25H,5,14H2,1-4H3/b23-22-. The lowest BCUT2D eigenvalue weighted by atomic mass is 9.79. The van der Waals surface area contributed by atoms with E-state index in [2.05, 4.69) is 10.3 Å². The molecule has 1 heterocycles. The Bertz CT molecular complexity index is 979. The summed E-state index contributed by atoms with van der Waals surface area (Å²) < 4.78 is 0. The first kappa shape index (κ1) is 25.0. The predicted octanol–water partition coefficient (Wildman–Crippen LogP) is 3.80. The lowest BCUT2D eigenvalue weighted by Crippen LogP contribution is -2.37. The van der Waals surface area contributed by atoms with Gasteiger partial charge < -0.3 is 10.2 Å². The van der Waals surface area contributed by atoms with Gasteiger partial charge in [-0.15, -0.1) is 0 Å². The van der Waals surface area contributed by atoms with Gasteiger partial charge in [0.15, 0.2) is 5.82 Å². The SMILES string of the molecule is CCN(Cc1ccc(Cl)nc1)/C(NC)=C(/C(c1ccccc1)C(C(C)=O)C(C)=O)[N+](=O)[O-]. The zero-order chi connectivity index (χ0) is 23.8. The summed E-state index contributed by atoms with van der Waals surface area (Å²) in [5, 5.41) is 15.7. The fourth-order valence-electron chi connectivity index (χ4n) is 3.79. The lowest BCUT2D eigenvalue weighted by molar-refractivity contribution is -0.433. The van der Waals surface area contributed by atoms with Crippen LogP contribution >= 0.6 is 11.6 Å². The molecule has 0 radical (unpaired) electrons. The molecule has 1 aromatic carbocycles. The summed E-state index contributed by atoms with van der Waals surface area (Å²) in [6.07, 6.45) is 1.60. The number of hydrogen-bond donors (Lipinski definition) is 1. The number of pyridine rings is 1. The molecule has 0 fully saturated rings. The van der Waals surface area contributed by atoms with Crippen LogP contribution in [-0.4, -0.2) is 40.0 Å². The Labute approximate surface area is 192 Å². The van der Waals surface area contributed by atoms with Gasteiger partial charge in [-0.05, 0) is 38.0 Å². The fraction of sp³-hybridized carbons (Fsp3) is 0.348. The van der Waals surface area contributed by atoms with E-state index in [0.29, 0.717) is 23.8 Å². The Balaban J connectivity index is 2.72. The maximum Gasteiger partial charge on any atom is 0.294 e. The van der Waals surface area contributed by atoms with Crippen molar-refractivity contribution >= 4 is 23.2 Å². The highest BCUT2D eigenvalue weighted by molar-refractivity contribution is 6.29. The molecular weight excluding hydrogens is 432 g/mol. The van der Waals surface area contributed by atoms with E-state index in [0.717, 1.165) is 5.56 Å². The smallest absolute Gasteiger partial charge is 0.294 e. The van der Waals surface area contributed by atoms with Gasteiger partial charge in [0.05, 0.1) is 16.8 Å². The molecule has 9 heteroatoms. The molecule has 1 N–H and O–H groups in total. The van der Waals surface area contributed by atoms with Crippen LogP contribution in [0.15, 0.2) is 60.2 Å². The Hall–Kier alpha value is -3.26. The Kier molecular flexibility index (Phi) is 8.90. The van der Waals surface area contributed by atoms with E-state index in [4.69, 9.17) is 11.6 Å². The monoisotopic (exact) mass is 458 g/mol. The molecule has 0 amide bonds. The quantitative estimate of drug-likeness (QED) is 0.236. The van der Waals surface area contributed by atoms with Crippen LogP contribution in [0.5, 0.6) is 0 Å². The molecular formula is C23H27ClN4O4. The summed E-state index contributed by atoms with van der Waals surface area (Å²) >= 11 is 5.87. The molecule has 2 rings (SSSR count). The van der Waals surface area contributed by atoms with Gasteiger partial charge >= 0.3 is 0 Å². The third-order valence-electron chi connectivity index (χ3n) is 5.20. The maximum atomic E-state index is 12.5. The maximum absolute atomic E-state index is 12.5. The van der Waals surface area contributed by atoms with Crippen molar-refractivity contribution in [3.8, 4) is 0 Å². The van der Waals surface area contributed by atoms with Crippen molar-refractivity contribution in [2.45, 2.75) is 33.2 Å². The average molecular weight is 459 g/mol. The van der Waals surface area contributed by atoms with Crippen molar-refractivity contribution in [1.82, 2.24) is 15.2 Å². The van der Waals surface area contributed by atoms with Crippen molar-refractivity contribution in [3.05, 3.63) is 86.6 Å². The highest BCUT2D eigenvalue weighted by Crippen LogP contribution is 2.36. The van der Waals surface area contributed by atoms with Crippen LogP contribution in [0.2, 0.25) is 5.15 Å². The second kappa shape index (κ2) is 11.4. The number of halogens is 1. The second-order valence-electron chi connectivity index (χ2n) is 7.33. The molecule has 0 aliphatic heterocycles. The zero-order valence-corrected chi connectivity index (χ0v) is 19.3. The first-order valence-corrected chi connectivity index (χ1v) is 10.6. The molecule has 0 saturated heterocycles. The van der Waals surface area contributed by atoms with Crippen LogP contribution in [0, 0.1) is 16.0 Å². The van der Waals surface area contributed by atoms with E-state index < -0.39 is 28.3 Å². The topological polar surface area (TPSA) is 105 Å². The number of carbonyl (C=O) groups excluding carboxylic acids is 2. The van der Waals surface area contributed by atoms with E-state index in [9.17, 15) is 19.7 Å². The van der Waals surface area contributed by atoms with Crippen LogP contribution in [0.1, 0.15) is 37.8 Å². The minimum atomic E-state index is -1.18. The van der Waals surface area contributed by atoms with Gasteiger partial charge in [-0.3, -0.25) is 19.7 Å². The molecule has 1 unspecified atom stereocenters. The van der Waals surface area contributed by atoms with Crippen molar-refractivity contribution in [3.63, 3.8) is 0 Å². The van der Waals surface area contributed by atoms with Crippen LogP contribution in [0.25, 0.3) is 0 Å². The summed E-state index contributed by atoms with van der Waals surface area (Å²) in [6.45, 7) is 5.19. The molecule has 1 aromatic heterocycles. The van der Waals surface area contributed by atoms with Gasteiger partial charge in [0, 0.05) is 26.3 Å². The Morgan fingerprint density at radius 1 is 1.16 bits per heavy atom. The number of hydrogen-bond acceptors (Lipinski definition) is 7. The number of ketones is 2. The summed E-state index contributed by atoms with van der Waals surface area (Å²) in [5.74, 6) is -2.86. The number of nitro groups is 1. The van der Waals surface area contributed by atoms with Gasteiger partial charge in [-0.1, -0.05) is 48.0 Å². The second-order valence-corrected chi connectivity index (χ2v) is 7.72. The summed E-state index contributed by atoms with van der Waals surface area (Å²) in [5.41, 5.74) is 1.09. The van der Waals surface area contributed by atoms with Crippen molar-refractivity contribution in [1.29, 1.82) is 0 Å². The number of Topliss-reactive ketones (excluding diaryl/α,β-unsaturated/α-hetero) is 2. The largest absolute Gasteiger partial charge is 0.369 e. The fourth-order valence-corrected chi connectivity index (χ4v) is 3.90. The normalized spacial score (nSPS) is 12.7. The van der Waals surface area contributed by atoms with Crippen LogP contribution in [0.3, 0.4) is 0 Å². The molecule has 1 atom stereocenters. The Morgan fingerprint density at radius 3 is 2.22 bits per heavy atom. The number of nitrogens with zero attached hydrogens (tertiary/aromatic N) is 3. The third-order valence-corrected chi connectivity index (χ3v) is 5.42. The van der Waals surface area contributed by atoms with E-state index in [1.165, 1.54) is 13.8 Å². The molecule has 0 saturated carbocycles. The number of benzene rings is 1. The molecule has 0 aliphatic carbocycles. The summed E-state index contributed by atoms with van der Waals surface area (Å²) in [7, 11) is 1.58. The highest BCUT2D eigenvalue weighted by Gasteiger charge is 2.42. The van der Waals surface area contributed by atoms with Gasteiger partial charge in [0.1, 0.15) is 16.7 Å². The van der Waals surface area contributed by atoms with Crippen LogP contribution in [-0.2, 0) is 16.1 Å². The number of aromatic nitrogens is 1. The average Bonchev–Trinajstić information content (AvgIpc) is 2.76. The molecule has 170 valence electrons. The molecule has 0 spiro atoms. The number of nitrogens with one attached hydrogen (secondary N) is 1. The molecule has 0 aliphatic rings. The molecule has 2 aromatic rings. The minimum absolute atomic E-state index is 0.230. The van der Waals surface area contributed by atoms with E-state index in [1.807, 2.05) is 6.92 Å². The first-order valence-electron chi connectivity index (χ1n) is 10.2.